The Morgan fingerprint density at radius 1 is 0.846 bits per heavy atom. The van der Waals surface area contributed by atoms with Crippen molar-refractivity contribution >= 4 is 38.7 Å². The molecule has 39 heavy (non-hydrogen) atoms. The molecule has 4 aromatic rings. The minimum atomic E-state index is -1.20. The second kappa shape index (κ2) is 9.13. The average molecular weight is 508 g/mol. The SMILES string of the molecule is [2H]C1=C([2H])C([2H])C([2H])C(C2=c3ccccc3=C(c3cc(C4=CCCC=C4)c4oc5ccccc5c4c3)C3C=CC=CC23)=C1[2H]. The number of benzene rings is 3. The summed E-state index contributed by atoms with van der Waals surface area (Å²) < 4.78 is 49.6. The second-order valence-corrected chi connectivity index (χ2v) is 10.5. The van der Waals surface area contributed by atoms with Gasteiger partial charge in [0, 0.05) is 30.9 Å². The first-order valence-electron chi connectivity index (χ1n) is 16.3. The van der Waals surface area contributed by atoms with Crippen molar-refractivity contribution in [3.63, 3.8) is 0 Å². The van der Waals surface area contributed by atoms with Crippen LogP contribution in [0.3, 0.4) is 0 Å². The Labute approximate surface area is 235 Å². The molecule has 0 radical (unpaired) electrons. The van der Waals surface area contributed by atoms with Crippen molar-refractivity contribution in [1.82, 2.24) is 0 Å². The molecule has 1 aromatic heterocycles. The van der Waals surface area contributed by atoms with E-state index in [0.29, 0.717) is 5.57 Å². The minimum absolute atomic E-state index is 0.0866. The fourth-order valence-electron chi connectivity index (χ4n) is 6.62. The van der Waals surface area contributed by atoms with Crippen molar-refractivity contribution in [2.24, 2.45) is 11.8 Å². The molecular formula is C38H30O. The van der Waals surface area contributed by atoms with E-state index in [-0.39, 0.29) is 30.0 Å². The van der Waals surface area contributed by atoms with Crippen molar-refractivity contribution in [1.29, 1.82) is 0 Å². The zero-order valence-electron chi connectivity index (χ0n) is 26.4. The molecule has 0 saturated carbocycles. The summed E-state index contributed by atoms with van der Waals surface area (Å²) >= 11 is 0. The summed E-state index contributed by atoms with van der Waals surface area (Å²) in [7, 11) is 0. The van der Waals surface area contributed by atoms with Crippen LogP contribution in [0.15, 0.2) is 131 Å². The zero-order chi connectivity index (χ0) is 30.1. The van der Waals surface area contributed by atoms with Gasteiger partial charge in [-0.15, -0.1) is 0 Å². The van der Waals surface area contributed by atoms with Crippen molar-refractivity contribution in [2.45, 2.75) is 25.6 Å². The summed E-state index contributed by atoms with van der Waals surface area (Å²) in [5.74, 6) is -0.272. The van der Waals surface area contributed by atoms with E-state index in [1.807, 2.05) is 42.5 Å². The van der Waals surface area contributed by atoms with Gasteiger partial charge in [0.05, 0.1) is 4.11 Å². The van der Waals surface area contributed by atoms with Crippen molar-refractivity contribution in [3.05, 3.63) is 148 Å². The molecule has 188 valence electrons. The van der Waals surface area contributed by atoms with E-state index in [4.69, 9.17) is 11.3 Å². The fraction of sp³-hybridized carbons (Fsp3) is 0.158. The van der Waals surface area contributed by atoms with Crippen LogP contribution in [0.4, 0.5) is 0 Å². The van der Waals surface area contributed by atoms with Gasteiger partial charge in [-0.3, -0.25) is 0 Å². The van der Waals surface area contributed by atoms with Gasteiger partial charge in [0.2, 0.25) is 0 Å². The molecule has 0 bridgehead atoms. The fourth-order valence-corrected chi connectivity index (χ4v) is 6.62. The highest BCUT2D eigenvalue weighted by Crippen LogP contribution is 2.44. The van der Waals surface area contributed by atoms with Crippen LogP contribution >= 0.6 is 0 Å². The van der Waals surface area contributed by atoms with Gasteiger partial charge >= 0.3 is 0 Å². The third-order valence-corrected chi connectivity index (χ3v) is 8.30. The number of para-hydroxylation sites is 1. The van der Waals surface area contributed by atoms with Gasteiger partial charge in [-0.05, 0) is 82.1 Å². The standard InChI is InChI=1S/C38H30O/c1-3-13-25(14-4-1)33-23-27(24-34-28-17-11-12-22-35(28)39-38(33)34)37-31-20-9-7-18-29(31)36(26-15-5-2-6-16-26)30-19-8-10-21-32(30)37/h2-3,5,7-15,17-24,29,31H,1,4,6,16H2/i2D,5D,6D,15D,16D. The normalized spacial score (nSPS) is 28.1. The van der Waals surface area contributed by atoms with Crippen LogP contribution in [0.2, 0.25) is 0 Å². The maximum atomic E-state index is 8.98. The van der Waals surface area contributed by atoms with E-state index in [1.54, 1.807) is 0 Å². The van der Waals surface area contributed by atoms with Crippen LogP contribution in [0, 0.1) is 11.8 Å². The Bertz CT molecular complexity index is 2210. The number of allylic oxidation sites excluding steroid dienone is 12. The Morgan fingerprint density at radius 2 is 1.64 bits per heavy atom. The number of rotatable bonds is 3. The van der Waals surface area contributed by atoms with Gasteiger partial charge in [-0.2, -0.15) is 0 Å². The highest BCUT2D eigenvalue weighted by molar-refractivity contribution is 6.10. The van der Waals surface area contributed by atoms with E-state index in [2.05, 4.69) is 60.7 Å². The number of fused-ring (bicyclic) bond motifs is 5. The third kappa shape index (κ3) is 3.61. The summed E-state index contributed by atoms with van der Waals surface area (Å²) in [5.41, 5.74) is 7.43. The lowest BCUT2D eigenvalue weighted by Gasteiger charge is -2.34. The molecule has 0 amide bonds. The van der Waals surface area contributed by atoms with Crippen LogP contribution < -0.4 is 10.4 Å². The molecule has 0 saturated heterocycles. The van der Waals surface area contributed by atoms with Crippen molar-refractivity contribution < 1.29 is 11.3 Å². The van der Waals surface area contributed by atoms with Gasteiger partial charge in [-0.1, -0.05) is 103 Å². The topological polar surface area (TPSA) is 13.1 Å². The molecule has 8 rings (SSSR count). The van der Waals surface area contributed by atoms with Crippen LogP contribution in [0.5, 0.6) is 0 Å². The van der Waals surface area contributed by atoms with E-state index < -0.39 is 12.8 Å². The summed E-state index contributed by atoms with van der Waals surface area (Å²) in [6.45, 7) is 0. The molecule has 0 spiro atoms. The molecule has 1 nitrogen and oxygen atoms in total. The number of hydrogen-bond acceptors (Lipinski definition) is 1. The highest BCUT2D eigenvalue weighted by atomic mass is 16.3. The smallest absolute Gasteiger partial charge is 0.143 e. The minimum Gasteiger partial charge on any atom is -0.455 e. The van der Waals surface area contributed by atoms with Crippen molar-refractivity contribution in [2.75, 3.05) is 0 Å². The largest absolute Gasteiger partial charge is 0.455 e. The number of hydrogen-bond donors (Lipinski definition) is 0. The number of furan rings is 1. The molecule has 4 aliphatic rings. The van der Waals surface area contributed by atoms with Crippen LogP contribution in [-0.2, 0) is 0 Å². The maximum absolute atomic E-state index is 8.98. The molecule has 1 heteroatoms. The third-order valence-electron chi connectivity index (χ3n) is 8.30. The van der Waals surface area contributed by atoms with Crippen molar-refractivity contribution in [3.8, 4) is 0 Å². The van der Waals surface area contributed by atoms with Gasteiger partial charge in [0.25, 0.3) is 0 Å². The molecule has 0 aliphatic heterocycles. The monoisotopic (exact) mass is 507 g/mol. The first-order chi connectivity index (χ1) is 21.4. The summed E-state index contributed by atoms with van der Waals surface area (Å²) in [5, 5.41) is 4.09. The van der Waals surface area contributed by atoms with E-state index >= 15 is 0 Å². The Balaban J connectivity index is 1.50. The summed E-state index contributed by atoms with van der Waals surface area (Å²) in [6, 6.07) is 20.2. The predicted molar refractivity (Wildman–Crippen MR) is 163 cm³/mol. The van der Waals surface area contributed by atoms with E-state index in [1.165, 1.54) is 5.57 Å². The Kier molecular flexibility index (Phi) is 4.22. The zero-order valence-corrected chi connectivity index (χ0v) is 21.4. The molecule has 0 fully saturated rings. The quantitative estimate of drug-likeness (QED) is 0.272. The Morgan fingerprint density at radius 3 is 2.49 bits per heavy atom. The van der Waals surface area contributed by atoms with Gasteiger partial charge < -0.3 is 4.42 Å². The first-order valence-corrected chi connectivity index (χ1v) is 13.7. The maximum Gasteiger partial charge on any atom is 0.143 e. The van der Waals surface area contributed by atoms with Gasteiger partial charge in [0.15, 0.2) is 0 Å². The summed E-state index contributed by atoms with van der Waals surface area (Å²) in [4.78, 5) is 0. The first kappa shape index (κ1) is 18.0. The Hall–Kier alpha value is -4.36. The molecule has 4 unspecified atom stereocenters. The lowest BCUT2D eigenvalue weighted by Crippen LogP contribution is -2.40. The summed E-state index contributed by atoms with van der Waals surface area (Å²) in [6.07, 6.45) is 14.8. The van der Waals surface area contributed by atoms with Crippen LogP contribution in [0.25, 0.3) is 38.7 Å². The van der Waals surface area contributed by atoms with Crippen LogP contribution in [-0.4, -0.2) is 0 Å². The van der Waals surface area contributed by atoms with Gasteiger partial charge in [0.1, 0.15) is 11.2 Å². The van der Waals surface area contributed by atoms with E-state index in [9.17, 15) is 0 Å². The lowest BCUT2D eigenvalue weighted by atomic mass is 9.69. The second-order valence-electron chi connectivity index (χ2n) is 10.5. The van der Waals surface area contributed by atoms with Crippen LogP contribution in [0.1, 0.15) is 43.6 Å². The molecular weight excluding hydrogens is 472 g/mol. The molecule has 4 atom stereocenters. The predicted octanol–water partition coefficient (Wildman–Crippen LogP) is 8.32. The average Bonchev–Trinajstić information content (AvgIpc) is 3.45. The molecule has 0 N–H and O–H groups in total. The highest BCUT2D eigenvalue weighted by Gasteiger charge is 2.33. The molecule has 3 aromatic carbocycles. The lowest BCUT2D eigenvalue weighted by molar-refractivity contribution is 0.667. The molecule has 1 heterocycles. The van der Waals surface area contributed by atoms with E-state index in [0.717, 1.165) is 67.5 Å². The van der Waals surface area contributed by atoms with Gasteiger partial charge in [-0.25, -0.2) is 0 Å². The molecule has 4 aliphatic carbocycles.